The summed E-state index contributed by atoms with van der Waals surface area (Å²) in [5, 5.41) is 11.2. The third-order valence-corrected chi connectivity index (χ3v) is 4.73. The summed E-state index contributed by atoms with van der Waals surface area (Å²) in [5.74, 6) is -0.701. The first-order valence-corrected chi connectivity index (χ1v) is 7.03. The Morgan fingerprint density at radius 2 is 2.11 bits per heavy atom. The lowest BCUT2D eigenvalue weighted by Gasteiger charge is -2.38. The van der Waals surface area contributed by atoms with Crippen molar-refractivity contribution in [1.82, 2.24) is 4.90 Å². The zero-order valence-corrected chi connectivity index (χ0v) is 11.2. The first kappa shape index (κ1) is 13.1. The topological polar surface area (TPSA) is 57.6 Å². The molecule has 1 N–H and O–H groups in total. The second-order valence-corrected chi connectivity index (χ2v) is 5.66. The lowest BCUT2D eigenvalue weighted by atomic mass is 9.76. The van der Waals surface area contributed by atoms with Crippen molar-refractivity contribution < 1.29 is 14.7 Å². The highest BCUT2D eigenvalue weighted by molar-refractivity contribution is 7.12. The van der Waals surface area contributed by atoms with Crippen molar-refractivity contribution in [1.29, 1.82) is 0 Å². The molecule has 1 aliphatic rings. The molecule has 1 amide bonds. The predicted octanol–water partition coefficient (Wildman–Crippen LogP) is 2.47. The molecule has 1 fully saturated rings. The lowest BCUT2D eigenvalue weighted by molar-refractivity contribution is -0.152. The Morgan fingerprint density at radius 1 is 1.44 bits per heavy atom. The van der Waals surface area contributed by atoms with Gasteiger partial charge in [0.15, 0.2) is 0 Å². The molecule has 2 rings (SSSR count). The van der Waals surface area contributed by atoms with Crippen LogP contribution in [0.2, 0.25) is 0 Å². The van der Waals surface area contributed by atoms with E-state index in [4.69, 9.17) is 0 Å². The minimum Gasteiger partial charge on any atom is -0.481 e. The van der Waals surface area contributed by atoms with Crippen molar-refractivity contribution in [3.8, 4) is 0 Å². The molecule has 1 aromatic heterocycles. The third kappa shape index (κ3) is 2.27. The van der Waals surface area contributed by atoms with Crippen molar-refractivity contribution in [2.45, 2.75) is 26.2 Å². The Hall–Kier alpha value is -1.36. The Morgan fingerprint density at radius 3 is 2.56 bits per heavy atom. The van der Waals surface area contributed by atoms with Gasteiger partial charge in [-0.2, -0.15) is 0 Å². The molecular formula is C13H17NO3S. The quantitative estimate of drug-likeness (QED) is 0.915. The number of piperidine rings is 1. The van der Waals surface area contributed by atoms with Crippen molar-refractivity contribution in [2.75, 3.05) is 13.1 Å². The van der Waals surface area contributed by atoms with Crippen LogP contribution in [0, 0.1) is 5.41 Å². The Kier molecular flexibility index (Phi) is 3.71. The zero-order valence-electron chi connectivity index (χ0n) is 10.4. The summed E-state index contributed by atoms with van der Waals surface area (Å²) in [4.78, 5) is 25.9. The van der Waals surface area contributed by atoms with Crippen LogP contribution in [0.4, 0.5) is 0 Å². The van der Waals surface area contributed by atoms with Gasteiger partial charge in [0.25, 0.3) is 5.91 Å². The molecule has 98 valence electrons. The van der Waals surface area contributed by atoms with E-state index in [1.54, 1.807) is 4.90 Å². The monoisotopic (exact) mass is 267 g/mol. The average Bonchev–Trinajstić information content (AvgIpc) is 2.91. The van der Waals surface area contributed by atoms with Gasteiger partial charge in [0, 0.05) is 13.1 Å². The van der Waals surface area contributed by atoms with Gasteiger partial charge in [-0.15, -0.1) is 11.3 Å². The molecule has 1 aliphatic heterocycles. The largest absolute Gasteiger partial charge is 0.481 e. The number of aliphatic carboxylic acids is 1. The highest BCUT2D eigenvalue weighted by atomic mass is 32.1. The molecule has 0 bridgehead atoms. The summed E-state index contributed by atoms with van der Waals surface area (Å²) < 4.78 is 0. The number of carbonyl (C=O) groups is 2. The van der Waals surface area contributed by atoms with E-state index in [1.165, 1.54) is 11.3 Å². The van der Waals surface area contributed by atoms with E-state index in [0.717, 1.165) is 4.88 Å². The maximum absolute atomic E-state index is 12.1. The van der Waals surface area contributed by atoms with E-state index in [0.29, 0.717) is 32.4 Å². The Labute approximate surface area is 110 Å². The van der Waals surface area contributed by atoms with Crippen molar-refractivity contribution in [2.24, 2.45) is 5.41 Å². The second kappa shape index (κ2) is 5.10. The summed E-state index contributed by atoms with van der Waals surface area (Å²) in [6.07, 6.45) is 1.73. The van der Waals surface area contributed by atoms with Crippen LogP contribution in [0.15, 0.2) is 17.5 Å². The summed E-state index contributed by atoms with van der Waals surface area (Å²) in [7, 11) is 0. The summed E-state index contributed by atoms with van der Waals surface area (Å²) in [6.45, 7) is 2.98. The molecule has 0 aromatic carbocycles. The van der Waals surface area contributed by atoms with Crippen LogP contribution >= 0.6 is 11.3 Å². The number of thiophene rings is 1. The van der Waals surface area contributed by atoms with Gasteiger partial charge in [0.2, 0.25) is 0 Å². The summed E-state index contributed by atoms with van der Waals surface area (Å²) in [6, 6.07) is 3.67. The summed E-state index contributed by atoms with van der Waals surface area (Å²) >= 11 is 1.43. The average molecular weight is 267 g/mol. The maximum Gasteiger partial charge on any atom is 0.309 e. The minimum atomic E-state index is -0.728. The maximum atomic E-state index is 12.1. The highest BCUT2D eigenvalue weighted by Gasteiger charge is 2.40. The molecule has 0 radical (unpaired) electrons. The van der Waals surface area contributed by atoms with Gasteiger partial charge in [-0.25, -0.2) is 0 Å². The predicted molar refractivity (Wildman–Crippen MR) is 69.8 cm³/mol. The van der Waals surface area contributed by atoms with Crippen molar-refractivity contribution in [3.05, 3.63) is 22.4 Å². The van der Waals surface area contributed by atoms with E-state index in [2.05, 4.69) is 0 Å². The second-order valence-electron chi connectivity index (χ2n) is 4.71. The molecule has 18 heavy (non-hydrogen) atoms. The highest BCUT2D eigenvalue weighted by Crippen LogP contribution is 2.35. The van der Waals surface area contributed by atoms with Crippen LogP contribution in [-0.4, -0.2) is 35.0 Å². The molecule has 1 aromatic rings. The lowest BCUT2D eigenvalue weighted by Crippen LogP contribution is -2.46. The number of hydrogen-bond donors (Lipinski definition) is 1. The molecule has 1 saturated heterocycles. The van der Waals surface area contributed by atoms with Gasteiger partial charge >= 0.3 is 5.97 Å². The number of carbonyl (C=O) groups excluding carboxylic acids is 1. The molecule has 5 heteroatoms. The Bertz CT molecular complexity index is 433. The minimum absolute atomic E-state index is 0.0279. The summed E-state index contributed by atoms with van der Waals surface area (Å²) in [5.41, 5.74) is -0.633. The van der Waals surface area contributed by atoms with Gasteiger partial charge in [-0.05, 0) is 30.7 Å². The fraction of sp³-hybridized carbons (Fsp3) is 0.538. The number of rotatable bonds is 3. The molecule has 0 saturated carbocycles. The fourth-order valence-electron chi connectivity index (χ4n) is 2.41. The number of amides is 1. The van der Waals surface area contributed by atoms with Crippen LogP contribution in [0.25, 0.3) is 0 Å². The molecule has 0 aliphatic carbocycles. The van der Waals surface area contributed by atoms with Crippen LogP contribution in [-0.2, 0) is 4.79 Å². The third-order valence-electron chi connectivity index (χ3n) is 3.87. The molecule has 2 heterocycles. The van der Waals surface area contributed by atoms with E-state index < -0.39 is 11.4 Å². The van der Waals surface area contributed by atoms with Crippen molar-refractivity contribution in [3.63, 3.8) is 0 Å². The molecule has 0 atom stereocenters. The molecule has 0 unspecified atom stereocenters. The smallest absolute Gasteiger partial charge is 0.309 e. The van der Waals surface area contributed by atoms with Crippen molar-refractivity contribution >= 4 is 23.2 Å². The van der Waals surface area contributed by atoms with Crippen LogP contribution < -0.4 is 0 Å². The van der Waals surface area contributed by atoms with Crippen LogP contribution in [0.1, 0.15) is 35.9 Å². The van der Waals surface area contributed by atoms with E-state index >= 15 is 0 Å². The van der Waals surface area contributed by atoms with Crippen LogP contribution in [0.3, 0.4) is 0 Å². The van der Waals surface area contributed by atoms with Gasteiger partial charge in [0.05, 0.1) is 10.3 Å². The number of hydrogen-bond acceptors (Lipinski definition) is 3. The van der Waals surface area contributed by atoms with E-state index in [9.17, 15) is 14.7 Å². The standard InChI is InChI=1S/C13H17NO3S/c1-2-13(12(16)17)5-7-14(8-6-13)11(15)10-4-3-9-18-10/h3-4,9H,2,5-8H2,1H3,(H,16,17). The van der Waals surface area contributed by atoms with E-state index in [1.807, 2.05) is 24.4 Å². The molecular weight excluding hydrogens is 250 g/mol. The van der Waals surface area contributed by atoms with Crippen LogP contribution in [0.5, 0.6) is 0 Å². The van der Waals surface area contributed by atoms with E-state index in [-0.39, 0.29) is 5.91 Å². The molecule has 0 spiro atoms. The van der Waals surface area contributed by atoms with Gasteiger partial charge in [-0.1, -0.05) is 13.0 Å². The first-order valence-electron chi connectivity index (χ1n) is 6.15. The number of carboxylic acids is 1. The number of nitrogens with zero attached hydrogens (tertiary/aromatic N) is 1. The zero-order chi connectivity index (χ0) is 13.2. The van der Waals surface area contributed by atoms with Gasteiger partial charge < -0.3 is 10.0 Å². The number of likely N-dealkylation sites (tertiary alicyclic amines) is 1. The van der Waals surface area contributed by atoms with Gasteiger partial charge in [-0.3, -0.25) is 9.59 Å². The Balaban J connectivity index is 2.02. The van der Waals surface area contributed by atoms with Gasteiger partial charge in [0.1, 0.15) is 0 Å². The first-order chi connectivity index (χ1) is 8.59. The normalized spacial score (nSPS) is 18.6. The fourth-order valence-corrected chi connectivity index (χ4v) is 3.10. The number of carboxylic acid groups (broad SMARTS) is 1. The molecule has 4 nitrogen and oxygen atoms in total. The SMILES string of the molecule is CCC1(C(=O)O)CCN(C(=O)c2cccs2)CC1.